The van der Waals surface area contributed by atoms with Crippen LogP contribution in [0.25, 0.3) is 0 Å². The number of hydrogen-bond donors (Lipinski definition) is 1. The lowest BCUT2D eigenvalue weighted by Gasteiger charge is -2.43. The van der Waals surface area contributed by atoms with Crippen molar-refractivity contribution in [3.8, 4) is 0 Å². The molecule has 0 radical (unpaired) electrons. The Morgan fingerprint density at radius 3 is 2.61 bits per heavy atom. The largest absolute Gasteiger partial charge is 0.330 e. The summed E-state index contributed by atoms with van der Waals surface area (Å²) in [6, 6.07) is 7.03. The lowest BCUT2D eigenvalue weighted by atomic mass is 9.68. The van der Waals surface area contributed by atoms with E-state index in [2.05, 4.69) is 11.9 Å². The molecule has 0 saturated heterocycles. The molecule has 1 aliphatic carbocycles. The maximum Gasteiger partial charge on any atom is 0.126 e. The van der Waals surface area contributed by atoms with Crippen LogP contribution in [0.2, 0.25) is 0 Å². The van der Waals surface area contributed by atoms with Gasteiger partial charge in [-0.1, -0.05) is 24.6 Å². The van der Waals surface area contributed by atoms with E-state index < -0.39 is 0 Å². The molecule has 0 spiro atoms. The quantitative estimate of drug-likeness (QED) is 0.840. The Kier molecular flexibility index (Phi) is 4.36. The highest BCUT2D eigenvalue weighted by Crippen LogP contribution is 2.40. The highest BCUT2D eigenvalue weighted by atomic mass is 19.1. The predicted molar refractivity (Wildman–Crippen MR) is 72.9 cm³/mol. The third kappa shape index (κ3) is 3.09. The number of benzene rings is 1. The van der Waals surface area contributed by atoms with Crippen molar-refractivity contribution in [2.75, 3.05) is 26.7 Å². The van der Waals surface area contributed by atoms with Crippen LogP contribution in [0.5, 0.6) is 0 Å². The fourth-order valence-electron chi connectivity index (χ4n) is 2.77. The van der Waals surface area contributed by atoms with Crippen LogP contribution in [0, 0.1) is 11.2 Å². The van der Waals surface area contributed by atoms with Gasteiger partial charge in [0, 0.05) is 13.1 Å². The Balaban J connectivity index is 1.81. The van der Waals surface area contributed by atoms with Crippen molar-refractivity contribution in [3.63, 3.8) is 0 Å². The van der Waals surface area contributed by atoms with Crippen LogP contribution >= 0.6 is 0 Å². The van der Waals surface area contributed by atoms with Gasteiger partial charge in [-0.2, -0.15) is 0 Å². The average molecular weight is 250 g/mol. The van der Waals surface area contributed by atoms with Crippen LogP contribution in [0.15, 0.2) is 24.3 Å². The Hall–Kier alpha value is -0.930. The number of halogens is 1. The summed E-state index contributed by atoms with van der Waals surface area (Å²) in [5, 5.41) is 0. The summed E-state index contributed by atoms with van der Waals surface area (Å²) in [6.07, 6.45) is 4.56. The Morgan fingerprint density at radius 1 is 1.33 bits per heavy atom. The summed E-state index contributed by atoms with van der Waals surface area (Å²) in [6.45, 7) is 2.71. The van der Waals surface area contributed by atoms with Crippen molar-refractivity contribution < 1.29 is 4.39 Å². The molecule has 100 valence electrons. The van der Waals surface area contributed by atoms with Gasteiger partial charge in [-0.05, 0) is 49.9 Å². The molecule has 0 heterocycles. The van der Waals surface area contributed by atoms with Gasteiger partial charge in [0.15, 0.2) is 0 Å². The molecule has 3 heteroatoms. The van der Waals surface area contributed by atoms with Crippen molar-refractivity contribution in [1.82, 2.24) is 4.90 Å². The van der Waals surface area contributed by atoms with Crippen molar-refractivity contribution in [1.29, 1.82) is 0 Å². The summed E-state index contributed by atoms with van der Waals surface area (Å²) < 4.78 is 13.5. The van der Waals surface area contributed by atoms with Crippen LogP contribution in [0.3, 0.4) is 0 Å². The molecule has 2 N–H and O–H groups in total. The first kappa shape index (κ1) is 13.5. The van der Waals surface area contributed by atoms with E-state index in [1.54, 1.807) is 6.07 Å². The van der Waals surface area contributed by atoms with Crippen LogP contribution < -0.4 is 5.73 Å². The van der Waals surface area contributed by atoms with E-state index in [9.17, 15) is 4.39 Å². The minimum absolute atomic E-state index is 0.0944. The lowest BCUT2D eigenvalue weighted by Crippen LogP contribution is -2.46. The van der Waals surface area contributed by atoms with E-state index in [-0.39, 0.29) is 5.82 Å². The van der Waals surface area contributed by atoms with E-state index in [4.69, 9.17) is 5.73 Å². The molecule has 1 aliphatic rings. The number of hydrogen-bond acceptors (Lipinski definition) is 2. The lowest BCUT2D eigenvalue weighted by molar-refractivity contribution is 0.0881. The third-order valence-corrected chi connectivity index (χ3v) is 4.17. The molecule has 18 heavy (non-hydrogen) atoms. The van der Waals surface area contributed by atoms with Gasteiger partial charge in [-0.3, -0.25) is 0 Å². The Bertz CT molecular complexity index is 382. The van der Waals surface area contributed by atoms with Crippen LogP contribution in [-0.4, -0.2) is 31.6 Å². The SMILES string of the molecule is CN(CCc1ccccc1F)CC1(CN)CCC1. The molecule has 0 aromatic heterocycles. The molecule has 0 bridgehead atoms. The zero-order valence-corrected chi connectivity index (χ0v) is 11.2. The van der Waals surface area contributed by atoms with Crippen molar-refractivity contribution in [3.05, 3.63) is 35.6 Å². The number of rotatable bonds is 6. The van der Waals surface area contributed by atoms with Crippen molar-refractivity contribution >= 4 is 0 Å². The molecule has 2 nitrogen and oxygen atoms in total. The van der Waals surface area contributed by atoms with Crippen LogP contribution in [-0.2, 0) is 6.42 Å². The highest BCUT2D eigenvalue weighted by molar-refractivity contribution is 5.17. The summed E-state index contributed by atoms with van der Waals surface area (Å²) in [5.74, 6) is -0.0944. The van der Waals surface area contributed by atoms with Gasteiger partial charge in [-0.25, -0.2) is 4.39 Å². The number of nitrogens with two attached hydrogens (primary N) is 1. The van der Waals surface area contributed by atoms with E-state index >= 15 is 0 Å². The molecule has 1 aromatic rings. The molecule has 0 unspecified atom stereocenters. The summed E-state index contributed by atoms with van der Waals surface area (Å²) >= 11 is 0. The molecule has 2 rings (SSSR count). The normalized spacial score (nSPS) is 17.8. The average Bonchev–Trinajstić information content (AvgIpc) is 2.33. The smallest absolute Gasteiger partial charge is 0.126 e. The van der Waals surface area contributed by atoms with Gasteiger partial charge in [0.1, 0.15) is 5.82 Å². The first-order valence-electron chi connectivity index (χ1n) is 6.77. The standard InChI is InChI=1S/C15H23FN2/c1-18(12-15(11-17)8-4-9-15)10-7-13-5-2-3-6-14(13)16/h2-3,5-6H,4,7-12,17H2,1H3. The monoisotopic (exact) mass is 250 g/mol. The van der Waals surface area contributed by atoms with Crippen LogP contribution in [0.4, 0.5) is 4.39 Å². The molecular weight excluding hydrogens is 227 g/mol. The van der Waals surface area contributed by atoms with Crippen molar-refractivity contribution in [2.24, 2.45) is 11.1 Å². The van der Waals surface area contributed by atoms with Gasteiger partial charge in [-0.15, -0.1) is 0 Å². The second-order valence-corrected chi connectivity index (χ2v) is 5.64. The van der Waals surface area contributed by atoms with Gasteiger partial charge in [0.05, 0.1) is 0 Å². The molecule has 0 amide bonds. The zero-order valence-electron chi connectivity index (χ0n) is 11.2. The topological polar surface area (TPSA) is 29.3 Å². The summed E-state index contributed by atoms with van der Waals surface area (Å²) in [4.78, 5) is 2.29. The van der Waals surface area contributed by atoms with E-state index in [1.165, 1.54) is 25.3 Å². The van der Waals surface area contributed by atoms with Gasteiger partial charge < -0.3 is 10.6 Å². The summed E-state index contributed by atoms with van der Waals surface area (Å²) in [7, 11) is 2.11. The first-order valence-corrected chi connectivity index (χ1v) is 6.77. The Morgan fingerprint density at radius 2 is 2.06 bits per heavy atom. The third-order valence-electron chi connectivity index (χ3n) is 4.17. The van der Waals surface area contributed by atoms with E-state index in [0.717, 1.165) is 31.6 Å². The maximum absolute atomic E-state index is 13.5. The predicted octanol–water partition coefficient (Wildman–Crippen LogP) is 2.43. The fourth-order valence-corrected chi connectivity index (χ4v) is 2.77. The molecule has 1 saturated carbocycles. The molecular formula is C15H23FN2. The molecule has 0 atom stereocenters. The van der Waals surface area contributed by atoms with Gasteiger partial charge in [0.25, 0.3) is 0 Å². The van der Waals surface area contributed by atoms with E-state index in [0.29, 0.717) is 5.41 Å². The molecule has 0 aliphatic heterocycles. The maximum atomic E-state index is 13.5. The Labute approximate surface area is 109 Å². The second kappa shape index (κ2) is 5.81. The highest BCUT2D eigenvalue weighted by Gasteiger charge is 2.36. The van der Waals surface area contributed by atoms with Crippen LogP contribution in [0.1, 0.15) is 24.8 Å². The molecule has 1 fully saturated rings. The van der Waals surface area contributed by atoms with Gasteiger partial charge >= 0.3 is 0 Å². The summed E-state index contributed by atoms with van der Waals surface area (Å²) in [5.41, 5.74) is 7.00. The number of nitrogens with zero attached hydrogens (tertiary/aromatic N) is 1. The zero-order chi connectivity index (χ0) is 13.0. The van der Waals surface area contributed by atoms with E-state index in [1.807, 2.05) is 12.1 Å². The molecule has 1 aromatic carbocycles. The fraction of sp³-hybridized carbons (Fsp3) is 0.600. The minimum atomic E-state index is -0.0944. The first-order chi connectivity index (χ1) is 8.65. The minimum Gasteiger partial charge on any atom is -0.330 e. The van der Waals surface area contributed by atoms with Gasteiger partial charge in [0.2, 0.25) is 0 Å². The number of likely N-dealkylation sites (N-methyl/N-ethyl adjacent to an activating group) is 1. The second-order valence-electron chi connectivity index (χ2n) is 5.64. The van der Waals surface area contributed by atoms with Crippen molar-refractivity contribution in [2.45, 2.75) is 25.7 Å².